The van der Waals surface area contributed by atoms with Crippen LogP contribution in [0, 0.1) is 25.2 Å². The second-order valence-electron chi connectivity index (χ2n) is 4.15. The van der Waals surface area contributed by atoms with Crippen LogP contribution in [0.5, 0.6) is 0 Å². The summed E-state index contributed by atoms with van der Waals surface area (Å²) in [5, 5.41) is 9.81. The number of hydrogen-bond acceptors (Lipinski definition) is 1. The van der Waals surface area contributed by atoms with Crippen LogP contribution < -0.4 is 0 Å². The van der Waals surface area contributed by atoms with Crippen LogP contribution in [-0.4, -0.2) is 0 Å². The van der Waals surface area contributed by atoms with Gasteiger partial charge in [0.05, 0.1) is 11.5 Å². The molecule has 0 amide bonds. The molecule has 0 radical (unpaired) electrons. The largest absolute Gasteiger partial charge is 0.197 e. The van der Waals surface area contributed by atoms with Gasteiger partial charge >= 0.3 is 0 Å². The first-order chi connectivity index (χ1) is 6.38. The van der Waals surface area contributed by atoms with E-state index in [1.165, 1.54) is 0 Å². The van der Waals surface area contributed by atoms with Crippen molar-refractivity contribution in [2.45, 2.75) is 33.1 Å². The van der Waals surface area contributed by atoms with Gasteiger partial charge in [0, 0.05) is 5.02 Å². The normalized spacial score (nSPS) is 11.1. The third-order valence-corrected chi connectivity index (χ3v) is 2.87. The van der Waals surface area contributed by atoms with Crippen molar-refractivity contribution in [3.8, 4) is 6.07 Å². The molecule has 1 aromatic rings. The maximum absolute atomic E-state index is 9.05. The number of nitriles is 1. The van der Waals surface area contributed by atoms with Crippen molar-refractivity contribution in [1.29, 1.82) is 5.26 Å². The molecule has 0 aromatic heterocycles. The van der Waals surface area contributed by atoms with E-state index in [4.69, 9.17) is 16.9 Å². The zero-order valence-electron chi connectivity index (χ0n) is 8.98. The van der Waals surface area contributed by atoms with Gasteiger partial charge in [0.1, 0.15) is 0 Å². The maximum Gasteiger partial charge on any atom is 0.0768 e. The molecule has 0 atom stereocenters. The lowest BCUT2D eigenvalue weighted by molar-refractivity contribution is 0.680. The second-order valence-corrected chi connectivity index (χ2v) is 4.56. The van der Waals surface area contributed by atoms with E-state index in [9.17, 15) is 0 Å². The van der Waals surface area contributed by atoms with Crippen molar-refractivity contribution in [2.75, 3.05) is 0 Å². The standard InChI is InChI=1S/C12H14ClN/c1-8-6-11(13)9(2)5-10(8)12(3,4)7-14/h5-6H,1-4H3. The average molecular weight is 208 g/mol. The van der Waals surface area contributed by atoms with Crippen molar-refractivity contribution in [2.24, 2.45) is 0 Å². The molecule has 2 heteroatoms. The lowest BCUT2D eigenvalue weighted by atomic mass is 9.83. The lowest BCUT2D eigenvalue weighted by Gasteiger charge is -2.19. The third-order valence-electron chi connectivity index (χ3n) is 2.46. The number of aryl methyl sites for hydroxylation is 2. The van der Waals surface area contributed by atoms with E-state index < -0.39 is 5.41 Å². The molecule has 0 N–H and O–H groups in total. The van der Waals surface area contributed by atoms with Crippen molar-refractivity contribution in [3.05, 3.63) is 33.8 Å². The van der Waals surface area contributed by atoms with E-state index >= 15 is 0 Å². The SMILES string of the molecule is Cc1cc(C(C)(C)C#N)c(C)cc1Cl. The topological polar surface area (TPSA) is 23.8 Å². The predicted octanol–water partition coefficient (Wildman–Crippen LogP) is 3.76. The Kier molecular flexibility index (Phi) is 2.87. The third kappa shape index (κ3) is 1.91. The van der Waals surface area contributed by atoms with Crippen LogP contribution in [0.1, 0.15) is 30.5 Å². The number of benzene rings is 1. The summed E-state index contributed by atoms with van der Waals surface area (Å²) in [4.78, 5) is 0. The number of nitrogens with zero attached hydrogens (tertiary/aromatic N) is 1. The highest BCUT2D eigenvalue weighted by Crippen LogP contribution is 2.29. The first-order valence-electron chi connectivity index (χ1n) is 4.57. The molecular weight excluding hydrogens is 194 g/mol. The molecule has 1 aromatic carbocycles. The molecule has 0 saturated carbocycles. The molecule has 0 saturated heterocycles. The van der Waals surface area contributed by atoms with Gasteiger partial charge in [-0.25, -0.2) is 0 Å². The predicted molar refractivity (Wildman–Crippen MR) is 59.6 cm³/mol. The highest BCUT2D eigenvalue weighted by atomic mass is 35.5. The summed E-state index contributed by atoms with van der Waals surface area (Å²) in [5.41, 5.74) is 2.71. The van der Waals surface area contributed by atoms with Crippen LogP contribution in [0.4, 0.5) is 0 Å². The summed E-state index contributed by atoms with van der Waals surface area (Å²) in [5.74, 6) is 0. The van der Waals surface area contributed by atoms with E-state index in [1.807, 2.05) is 39.8 Å². The van der Waals surface area contributed by atoms with E-state index in [0.29, 0.717) is 0 Å². The van der Waals surface area contributed by atoms with Gasteiger partial charge in [-0.05, 0) is 50.5 Å². The zero-order chi connectivity index (χ0) is 10.9. The Balaban J connectivity index is 3.38. The number of hydrogen-bond donors (Lipinski definition) is 0. The summed E-state index contributed by atoms with van der Waals surface area (Å²) >= 11 is 6.00. The molecule has 1 nitrogen and oxygen atoms in total. The van der Waals surface area contributed by atoms with Gasteiger partial charge in [-0.3, -0.25) is 0 Å². The molecule has 1 rings (SSSR count). The van der Waals surface area contributed by atoms with E-state index in [1.54, 1.807) is 0 Å². The first kappa shape index (κ1) is 11.1. The molecule has 0 spiro atoms. The van der Waals surface area contributed by atoms with Gasteiger partial charge in [0.15, 0.2) is 0 Å². The van der Waals surface area contributed by atoms with Crippen LogP contribution in [0.25, 0.3) is 0 Å². The molecule has 0 unspecified atom stereocenters. The molecule has 0 aliphatic heterocycles. The maximum atomic E-state index is 9.05. The molecule has 0 aliphatic rings. The second kappa shape index (κ2) is 3.63. The van der Waals surface area contributed by atoms with Gasteiger partial charge in [0.2, 0.25) is 0 Å². The van der Waals surface area contributed by atoms with Gasteiger partial charge in [-0.1, -0.05) is 17.7 Å². The minimum atomic E-state index is -0.445. The van der Waals surface area contributed by atoms with Crippen LogP contribution in [-0.2, 0) is 5.41 Å². The fourth-order valence-electron chi connectivity index (χ4n) is 1.51. The van der Waals surface area contributed by atoms with Gasteiger partial charge < -0.3 is 0 Å². The Bertz CT molecular complexity index is 400. The van der Waals surface area contributed by atoms with Crippen molar-refractivity contribution >= 4 is 11.6 Å². The van der Waals surface area contributed by atoms with E-state index in [-0.39, 0.29) is 0 Å². The quantitative estimate of drug-likeness (QED) is 0.688. The summed E-state index contributed by atoms with van der Waals surface area (Å²) in [6.45, 7) is 7.78. The summed E-state index contributed by atoms with van der Waals surface area (Å²) in [6.07, 6.45) is 0. The Morgan fingerprint density at radius 3 is 2.29 bits per heavy atom. The summed E-state index contributed by atoms with van der Waals surface area (Å²) in [6, 6.07) is 6.22. The molecule has 0 aliphatic carbocycles. The highest BCUT2D eigenvalue weighted by Gasteiger charge is 2.22. The smallest absolute Gasteiger partial charge is 0.0768 e. The summed E-state index contributed by atoms with van der Waals surface area (Å²) in [7, 11) is 0. The molecule has 0 fully saturated rings. The fraction of sp³-hybridized carbons (Fsp3) is 0.417. The van der Waals surface area contributed by atoms with Gasteiger partial charge in [0.25, 0.3) is 0 Å². The monoisotopic (exact) mass is 207 g/mol. The van der Waals surface area contributed by atoms with Crippen LogP contribution in [0.15, 0.2) is 12.1 Å². The van der Waals surface area contributed by atoms with Gasteiger partial charge in [-0.15, -0.1) is 0 Å². The molecular formula is C12H14ClN. The van der Waals surface area contributed by atoms with E-state index in [2.05, 4.69) is 6.07 Å². The Labute approximate surface area is 90.3 Å². The van der Waals surface area contributed by atoms with Crippen molar-refractivity contribution in [1.82, 2.24) is 0 Å². The Hall–Kier alpha value is -1.000. The summed E-state index contributed by atoms with van der Waals surface area (Å²) < 4.78 is 0. The van der Waals surface area contributed by atoms with Gasteiger partial charge in [-0.2, -0.15) is 5.26 Å². The first-order valence-corrected chi connectivity index (χ1v) is 4.95. The van der Waals surface area contributed by atoms with E-state index in [0.717, 1.165) is 21.7 Å². The van der Waals surface area contributed by atoms with Crippen molar-refractivity contribution < 1.29 is 0 Å². The molecule has 0 heterocycles. The van der Waals surface area contributed by atoms with Crippen LogP contribution in [0.3, 0.4) is 0 Å². The highest BCUT2D eigenvalue weighted by molar-refractivity contribution is 6.31. The number of halogens is 1. The molecule has 0 bridgehead atoms. The minimum absolute atomic E-state index is 0.445. The molecule has 14 heavy (non-hydrogen) atoms. The molecule has 74 valence electrons. The fourth-order valence-corrected chi connectivity index (χ4v) is 1.73. The Morgan fingerprint density at radius 1 is 1.21 bits per heavy atom. The Morgan fingerprint density at radius 2 is 1.79 bits per heavy atom. The van der Waals surface area contributed by atoms with Crippen molar-refractivity contribution in [3.63, 3.8) is 0 Å². The minimum Gasteiger partial charge on any atom is -0.197 e. The van der Waals surface area contributed by atoms with Crippen LogP contribution in [0.2, 0.25) is 5.02 Å². The zero-order valence-corrected chi connectivity index (χ0v) is 9.74. The average Bonchev–Trinajstić information content (AvgIpc) is 2.11. The van der Waals surface area contributed by atoms with Crippen LogP contribution >= 0.6 is 11.6 Å². The lowest BCUT2D eigenvalue weighted by Crippen LogP contribution is -2.15. The number of rotatable bonds is 1.